The highest BCUT2D eigenvalue weighted by atomic mass is 16.5. The lowest BCUT2D eigenvalue weighted by Crippen LogP contribution is -2.07. The van der Waals surface area contributed by atoms with Gasteiger partial charge in [0.05, 0.1) is 12.7 Å². The molecule has 0 aliphatic carbocycles. The number of nitrogens with one attached hydrogen (secondary N) is 1. The largest absolute Gasteiger partial charge is 0.497 e. The standard InChI is InChI=1S/C9H11NO3/c1-5-4-7(11)10-9(12)8(5)6(2)13-3/h4H,2H2,1,3H3,(H2,10,11,12). The van der Waals surface area contributed by atoms with Gasteiger partial charge in [-0.3, -0.25) is 9.78 Å². The number of hydrogen-bond donors (Lipinski definition) is 2. The summed E-state index contributed by atoms with van der Waals surface area (Å²) >= 11 is 0. The zero-order valence-corrected chi connectivity index (χ0v) is 7.55. The SMILES string of the molecule is C=C(OC)c1c(C)cc(=O)[nH]c1O. The fourth-order valence-corrected chi connectivity index (χ4v) is 1.12. The van der Waals surface area contributed by atoms with Crippen molar-refractivity contribution in [1.29, 1.82) is 0 Å². The predicted octanol–water partition coefficient (Wildman–Crippen LogP) is 1.01. The zero-order chi connectivity index (χ0) is 10.0. The molecule has 70 valence electrons. The molecule has 0 saturated heterocycles. The Morgan fingerprint density at radius 1 is 1.69 bits per heavy atom. The molecule has 1 heterocycles. The van der Waals surface area contributed by atoms with E-state index in [4.69, 9.17) is 4.74 Å². The first-order valence-corrected chi connectivity index (χ1v) is 3.72. The quantitative estimate of drug-likeness (QED) is 0.669. The van der Waals surface area contributed by atoms with E-state index >= 15 is 0 Å². The molecule has 0 unspecified atom stereocenters. The molecule has 0 amide bonds. The predicted molar refractivity (Wildman–Crippen MR) is 49.5 cm³/mol. The Balaban J connectivity index is 3.37. The Hall–Kier alpha value is -1.71. The fraction of sp³-hybridized carbons (Fsp3) is 0.222. The van der Waals surface area contributed by atoms with Crippen molar-refractivity contribution in [3.8, 4) is 5.88 Å². The van der Waals surface area contributed by atoms with Crippen LogP contribution in [0, 0.1) is 6.92 Å². The summed E-state index contributed by atoms with van der Waals surface area (Å²) in [5, 5.41) is 9.38. The number of aromatic hydroxyl groups is 1. The molecule has 0 saturated carbocycles. The summed E-state index contributed by atoms with van der Waals surface area (Å²) in [6.07, 6.45) is 0. The van der Waals surface area contributed by atoms with Gasteiger partial charge >= 0.3 is 0 Å². The Morgan fingerprint density at radius 3 is 2.77 bits per heavy atom. The van der Waals surface area contributed by atoms with Crippen LogP contribution >= 0.6 is 0 Å². The summed E-state index contributed by atoms with van der Waals surface area (Å²) in [5.41, 5.74) is 0.720. The Kier molecular flexibility index (Phi) is 2.41. The third-order valence-electron chi connectivity index (χ3n) is 1.75. The van der Waals surface area contributed by atoms with Crippen LogP contribution in [0.2, 0.25) is 0 Å². The van der Waals surface area contributed by atoms with Gasteiger partial charge in [0.1, 0.15) is 5.76 Å². The van der Waals surface area contributed by atoms with Crippen molar-refractivity contribution < 1.29 is 9.84 Å². The van der Waals surface area contributed by atoms with Gasteiger partial charge < -0.3 is 9.84 Å². The molecule has 1 rings (SSSR count). The molecule has 4 nitrogen and oxygen atoms in total. The average molecular weight is 181 g/mol. The van der Waals surface area contributed by atoms with Crippen LogP contribution in [0.25, 0.3) is 5.76 Å². The first kappa shape index (κ1) is 9.38. The Morgan fingerprint density at radius 2 is 2.31 bits per heavy atom. The molecule has 0 atom stereocenters. The summed E-state index contributed by atoms with van der Waals surface area (Å²) in [6.45, 7) is 5.29. The Bertz CT molecular complexity index is 366. The number of pyridine rings is 1. The molecule has 0 aliphatic heterocycles. The first-order valence-electron chi connectivity index (χ1n) is 3.72. The molecule has 0 radical (unpaired) electrons. The van der Waals surface area contributed by atoms with Gasteiger partial charge in [-0.15, -0.1) is 0 Å². The van der Waals surface area contributed by atoms with Crippen LogP contribution in [-0.4, -0.2) is 17.2 Å². The van der Waals surface area contributed by atoms with E-state index in [9.17, 15) is 9.90 Å². The number of aromatic amines is 1. The molecule has 0 aliphatic rings. The maximum absolute atomic E-state index is 10.9. The summed E-state index contributed by atoms with van der Waals surface area (Å²) in [7, 11) is 1.45. The maximum atomic E-state index is 10.9. The highest BCUT2D eigenvalue weighted by Gasteiger charge is 2.10. The van der Waals surface area contributed by atoms with Crippen LogP contribution in [0.3, 0.4) is 0 Å². The van der Waals surface area contributed by atoms with Crippen LogP contribution in [0.4, 0.5) is 0 Å². The summed E-state index contributed by atoms with van der Waals surface area (Å²) < 4.78 is 4.86. The van der Waals surface area contributed by atoms with E-state index in [1.807, 2.05) is 0 Å². The van der Waals surface area contributed by atoms with E-state index in [1.165, 1.54) is 13.2 Å². The van der Waals surface area contributed by atoms with Crippen molar-refractivity contribution >= 4 is 5.76 Å². The smallest absolute Gasteiger partial charge is 0.250 e. The van der Waals surface area contributed by atoms with Crippen LogP contribution in [0.15, 0.2) is 17.4 Å². The Labute approximate surface area is 75.5 Å². The van der Waals surface area contributed by atoms with Crippen LogP contribution < -0.4 is 5.56 Å². The minimum atomic E-state index is -0.345. The van der Waals surface area contributed by atoms with Crippen molar-refractivity contribution in [1.82, 2.24) is 4.98 Å². The van der Waals surface area contributed by atoms with E-state index in [1.54, 1.807) is 6.92 Å². The van der Waals surface area contributed by atoms with Gasteiger partial charge in [-0.2, -0.15) is 0 Å². The topological polar surface area (TPSA) is 62.3 Å². The molecule has 4 heteroatoms. The number of aromatic nitrogens is 1. The van der Waals surface area contributed by atoms with Gasteiger partial charge in [-0.1, -0.05) is 6.58 Å². The molecular formula is C9H11NO3. The second-order valence-corrected chi connectivity index (χ2v) is 2.67. The lowest BCUT2D eigenvalue weighted by Gasteiger charge is -2.08. The first-order chi connectivity index (χ1) is 6.06. The third-order valence-corrected chi connectivity index (χ3v) is 1.75. The van der Waals surface area contributed by atoms with Crippen molar-refractivity contribution in [2.24, 2.45) is 0 Å². The zero-order valence-electron chi connectivity index (χ0n) is 7.55. The van der Waals surface area contributed by atoms with Crippen LogP contribution in [0.1, 0.15) is 11.1 Å². The van der Waals surface area contributed by atoms with Crippen molar-refractivity contribution in [2.75, 3.05) is 7.11 Å². The van der Waals surface area contributed by atoms with Crippen LogP contribution in [0.5, 0.6) is 5.88 Å². The third kappa shape index (κ3) is 1.72. The van der Waals surface area contributed by atoms with Gasteiger partial charge in [-0.05, 0) is 12.5 Å². The van der Waals surface area contributed by atoms with Gasteiger partial charge in [-0.25, -0.2) is 0 Å². The lowest BCUT2D eigenvalue weighted by atomic mass is 10.1. The van der Waals surface area contributed by atoms with Crippen molar-refractivity contribution in [3.05, 3.63) is 34.1 Å². The highest BCUT2D eigenvalue weighted by Crippen LogP contribution is 2.23. The van der Waals surface area contributed by atoms with E-state index in [0.29, 0.717) is 16.9 Å². The monoisotopic (exact) mass is 181 g/mol. The molecule has 1 aromatic rings. The van der Waals surface area contributed by atoms with Gasteiger partial charge in [0.25, 0.3) is 5.56 Å². The molecule has 0 spiro atoms. The van der Waals surface area contributed by atoms with E-state index in [-0.39, 0.29) is 11.4 Å². The number of rotatable bonds is 2. The van der Waals surface area contributed by atoms with Crippen LogP contribution in [-0.2, 0) is 4.74 Å². The number of aryl methyl sites for hydroxylation is 1. The number of ether oxygens (including phenoxy) is 1. The second kappa shape index (κ2) is 3.35. The average Bonchev–Trinajstić information content (AvgIpc) is 2.02. The number of hydrogen-bond acceptors (Lipinski definition) is 3. The molecular weight excluding hydrogens is 170 g/mol. The normalized spacial score (nSPS) is 9.69. The van der Waals surface area contributed by atoms with Gasteiger partial charge in [0, 0.05) is 6.07 Å². The van der Waals surface area contributed by atoms with E-state index in [2.05, 4.69) is 11.6 Å². The van der Waals surface area contributed by atoms with Gasteiger partial charge in [0.2, 0.25) is 5.88 Å². The molecule has 13 heavy (non-hydrogen) atoms. The van der Waals surface area contributed by atoms with Crippen molar-refractivity contribution in [3.63, 3.8) is 0 Å². The lowest BCUT2D eigenvalue weighted by molar-refractivity contribution is 0.364. The molecule has 0 aromatic carbocycles. The van der Waals surface area contributed by atoms with Gasteiger partial charge in [0.15, 0.2) is 0 Å². The molecule has 1 aromatic heterocycles. The summed E-state index contributed by atoms with van der Waals surface area (Å²) in [5.74, 6) is 0.114. The van der Waals surface area contributed by atoms with Crippen molar-refractivity contribution in [2.45, 2.75) is 6.92 Å². The maximum Gasteiger partial charge on any atom is 0.250 e. The summed E-state index contributed by atoms with van der Waals surface area (Å²) in [4.78, 5) is 13.1. The summed E-state index contributed by atoms with van der Waals surface area (Å²) in [6, 6.07) is 1.37. The fourth-order valence-electron chi connectivity index (χ4n) is 1.12. The van der Waals surface area contributed by atoms with E-state index < -0.39 is 0 Å². The minimum absolute atomic E-state index is 0.211. The molecule has 0 bridgehead atoms. The van der Waals surface area contributed by atoms with E-state index in [0.717, 1.165) is 0 Å². The second-order valence-electron chi connectivity index (χ2n) is 2.67. The molecule has 2 N–H and O–H groups in total. The molecule has 0 fully saturated rings. The highest BCUT2D eigenvalue weighted by molar-refractivity contribution is 5.64. The minimum Gasteiger partial charge on any atom is -0.497 e. The number of methoxy groups -OCH3 is 1. The number of H-pyrrole nitrogens is 1.